The number of fused-ring (bicyclic) bond motifs is 7. The molecule has 52 heavy (non-hydrogen) atoms. The van der Waals surface area contributed by atoms with Crippen LogP contribution in [0.5, 0.6) is 0 Å². The number of nitrogens with one attached hydrogen (secondary N) is 1. The first-order chi connectivity index (χ1) is 25.3. The summed E-state index contributed by atoms with van der Waals surface area (Å²) in [7, 11) is 2.19. The fourth-order valence-corrected chi connectivity index (χ4v) is 9.11. The van der Waals surface area contributed by atoms with Crippen molar-refractivity contribution in [1.82, 2.24) is 9.88 Å². The number of dihydropyridines is 1. The lowest BCUT2D eigenvalue weighted by Crippen LogP contribution is -2.30. The topological polar surface area (TPSA) is 23.4 Å². The average molecular weight is 675 g/mol. The van der Waals surface area contributed by atoms with Crippen LogP contribution in [-0.2, 0) is 10.8 Å². The molecular formula is C48H42N4. The van der Waals surface area contributed by atoms with Gasteiger partial charge in [-0.2, -0.15) is 0 Å². The SMILES string of the molecule is CN1CN(c2cc(C(C)(C)C)cc(C3(c4ccc5c6ccccc6n(C6=CC=CCN6)c5c4)c4ccccc4-c4ccccc43)c2)c2ccccc21. The maximum absolute atomic E-state index is 3.67. The number of para-hydroxylation sites is 3. The van der Waals surface area contributed by atoms with Crippen molar-refractivity contribution in [2.45, 2.75) is 31.6 Å². The molecule has 0 amide bonds. The van der Waals surface area contributed by atoms with Crippen molar-refractivity contribution in [3.63, 3.8) is 0 Å². The van der Waals surface area contributed by atoms with E-state index in [4.69, 9.17) is 0 Å². The van der Waals surface area contributed by atoms with E-state index in [1.54, 1.807) is 0 Å². The standard InChI is InChI=1S/C48H42N4/c1-47(2,3)33-27-34(29-35(28-33)51-31-50(4)43-21-11-12-22-44(43)51)48(40-18-8-5-15-36(40)37-16-6-9-19-41(37)48)32-24-25-39-38-17-7-10-20-42(38)52(45(39)30-32)46-23-13-14-26-49-46/h5-25,27-30,49H,26,31H2,1-4H3. The van der Waals surface area contributed by atoms with E-state index in [0.29, 0.717) is 0 Å². The molecule has 0 atom stereocenters. The van der Waals surface area contributed by atoms with Crippen molar-refractivity contribution < 1.29 is 0 Å². The summed E-state index contributed by atoms with van der Waals surface area (Å²) in [6.45, 7) is 8.63. The molecule has 0 saturated carbocycles. The van der Waals surface area contributed by atoms with Crippen LogP contribution >= 0.6 is 0 Å². The van der Waals surface area contributed by atoms with Crippen molar-refractivity contribution in [1.29, 1.82) is 0 Å². The third kappa shape index (κ3) is 4.33. The Bertz CT molecular complexity index is 2580. The summed E-state index contributed by atoms with van der Waals surface area (Å²) in [6.07, 6.45) is 6.52. The maximum atomic E-state index is 3.67. The maximum Gasteiger partial charge on any atom is 0.111 e. The normalized spacial score (nSPS) is 15.8. The zero-order valence-corrected chi connectivity index (χ0v) is 30.2. The minimum Gasteiger partial charge on any atom is -0.368 e. The second kappa shape index (κ2) is 11.2. The van der Waals surface area contributed by atoms with Crippen LogP contribution < -0.4 is 15.1 Å². The molecule has 0 spiro atoms. The number of benzene rings is 6. The number of aromatic nitrogens is 1. The highest BCUT2D eigenvalue weighted by atomic mass is 15.4. The lowest BCUT2D eigenvalue weighted by Gasteiger charge is -2.36. The van der Waals surface area contributed by atoms with Gasteiger partial charge in [0.25, 0.3) is 0 Å². The van der Waals surface area contributed by atoms with E-state index in [1.165, 1.54) is 77.8 Å². The third-order valence-electron chi connectivity index (χ3n) is 11.6. The van der Waals surface area contributed by atoms with Crippen LogP contribution in [0, 0.1) is 0 Å². The molecule has 3 aliphatic rings. The summed E-state index contributed by atoms with van der Waals surface area (Å²) in [4.78, 5) is 4.84. The number of rotatable bonds is 4. The Morgan fingerprint density at radius 3 is 2.04 bits per heavy atom. The number of nitrogens with zero attached hydrogens (tertiary/aromatic N) is 3. The first kappa shape index (κ1) is 30.8. The van der Waals surface area contributed by atoms with Gasteiger partial charge in [0, 0.05) is 30.1 Å². The van der Waals surface area contributed by atoms with Crippen molar-refractivity contribution in [3.05, 3.63) is 180 Å². The molecule has 0 bridgehead atoms. The first-order valence-electron chi connectivity index (χ1n) is 18.4. The predicted molar refractivity (Wildman–Crippen MR) is 219 cm³/mol. The minimum absolute atomic E-state index is 0.0717. The molecule has 0 saturated heterocycles. The van der Waals surface area contributed by atoms with E-state index in [2.05, 4.69) is 199 Å². The molecule has 3 heterocycles. The molecule has 0 radical (unpaired) electrons. The van der Waals surface area contributed by atoms with Crippen molar-refractivity contribution in [2.24, 2.45) is 0 Å². The molecule has 4 nitrogen and oxygen atoms in total. The fourth-order valence-electron chi connectivity index (χ4n) is 9.11. The third-order valence-corrected chi connectivity index (χ3v) is 11.6. The molecule has 1 N–H and O–H groups in total. The largest absolute Gasteiger partial charge is 0.368 e. The molecule has 254 valence electrons. The van der Waals surface area contributed by atoms with Crippen LogP contribution in [-0.4, -0.2) is 24.8 Å². The Morgan fingerprint density at radius 1 is 0.635 bits per heavy atom. The average Bonchev–Trinajstić information content (AvgIpc) is 3.80. The molecule has 1 aliphatic carbocycles. The van der Waals surface area contributed by atoms with Gasteiger partial charge in [0.2, 0.25) is 0 Å². The fraction of sp³-hybridized carbons (Fsp3) is 0.167. The van der Waals surface area contributed by atoms with Gasteiger partial charge in [0.1, 0.15) is 5.82 Å². The zero-order chi connectivity index (χ0) is 35.2. The van der Waals surface area contributed by atoms with E-state index in [0.717, 1.165) is 19.0 Å². The lowest BCUT2D eigenvalue weighted by molar-refractivity contribution is 0.587. The summed E-state index contributed by atoms with van der Waals surface area (Å²) in [6, 6.07) is 50.5. The van der Waals surface area contributed by atoms with Gasteiger partial charge in [-0.1, -0.05) is 130 Å². The highest BCUT2D eigenvalue weighted by Gasteiger charge is 2.47. The van der Waals surface area contributed by atoms with Crippen LogP contribution in [0.3, 0.4) is 0 Å². The van der Waals surface area contributed by atoms with E-state index in [9.17, 15) is 0 Å². The summed E-state index contributed by atoms with van der Waals surface area (Å²) in [5.41, 5.74) is 14.6. The number of allylic oxidation sites excluding steroid dienone is 2. The van der Waals surface area contributed by atoms with Crippen LogP contribution in [0.4, 0.5) is 17.1 Å². The summed E-state index contributed by atoms with van der Waals surface area (Å²) in [5, 5.41) is 6.19. The number of hydrogen-bond acceptors (Lipinski definition) is 3. The smallest absolute Gasteiger partial charge is 0.111 e. The van der Waals surface area contributed by atoms with Gasteiger partial charge >= 0.3 is 0 Å². The van der Waals surface area contributed by atoms with Gasteiger partial charge in [-0.25, -0.2) is 0 Å². The monoisotopic (exact) mass is 674 g/mol. The van der Waals surface area contributed by atoms with Crippen molar-refractivity contribution in [2.75, 3.05) is 30.1 Å². The number of anilines is 3. The molecule has 0 fully saturated rings. The lowest BCUT2D eigenvalue weighted by atomic mass is 9.66. The molecular weight excluding hydrogens is 633 g/mol. The predicted octanol–water partition coefficient (Wildman–Crippen LogP) is 11.0. The Morgan fingerprint density at radius 2 is 1.31 bits per heavy atom. The molecule has 0 unspecified atom stereocenters. The Balaban J connectivity index is 1.32. The van der Waals surface area contributed by atoms with E-state index in [1.807, 2.05) is 0 Å². The van der Waals surface area contributed by atoms with Gasteiger partial charge in [0.05, 0.1) is 34.5 Å². The second-order valence-electron chi connectivity index (χ2n) is 15.6. The number of hydrogen-bond donors (Lipinski definition) is 1. The summed E-state index contributed by atoms with van der Waals surface area (Å²) in [5.74, 6) is 1.10. The quantitative estimate of drug-likeness (QED) is 0.201. The van der Waals surface area contributed by atoms with E-state index in [-0.39, 0.29) is 5.41 Å². The van der Waals surface area contributed by atoms with Crippen LogP contribution in [0.25, 0.3) is 38.8 Å². The van der Waals surface area contributed by atoms with Crippen molar-refractivity contribution in [3.8, 4) is 11.1 Å². The Kier molecular flexibility index (Phi) is 6.66. The summed E-state index contributed by atoms with van der Waals surface area (Å²) >= 11 is 0. The zero-order valence-electron chi connectivity index (χ0n) is 30.2. The van der Waals surface area contributed by atoms with Crippen molar-refractivity contribution >= 4 is 44.7 Å². The molecule has 4 heteroatoms. The molecule has 10 rings (SSSR count). The van der Waals surface area contributed by atoms with Crippen LogP contribution in [0.2, 0.25) is 0 Å². The highest BCUT2D eigenvalue weighted by Crippen LogP contribution is 2.57. The molecule has 1 aromatic heterocycles. The Hall–Kier alpha value is -6.00. The summed E-state index contributed by atoms with van der Waals surface area (Å²) < 4.78 is 2.42. The highest BCUT2D eigenvalue weighted by molar-refractivity contribution is 6.10. The van der Waals surface area contributed by atoms with Gasteiger partial charge in [0.15, 0.2) is 0 Å². The molecule has 6 aromatic carbocycles. The van der Waals surface area contributed by atoms with Crippen LogP contribution in [0.15, 0.2) is 152 Å². The first-order valence-corrected chi connectivity index (χ1v) is 18.4. The second-order valence-corrected chi connectivity index (χ2v) is 15.6. The Labute approximate surface area is 305 Å². The van der Waals surface area contributed by atoms with Gasteiger partial charge < -0.3 is 15.1 Å². The molecule has 7 aromatic rings. The van der Waals surface area contributed by atoms with E-state index >= 15 is 0 Å². The van der Waals surface area contributed by atoms with Gasteiger partial charge in [-0.05, 0) is 86.8 Å². The molecule has 2 aliphatic heterocycles. The minimum atomic E-state index is -0.557. The van der Waals surface area contributed by atoms with Gasteiger partial charge in [-0.15, -0.1) is 0 Å². The van der Waals surface area contributed by atoms with Crippen LogP contribution in [0.1, 0.15) is 48.6 Å². The van der Waals surface area contributed by atoms with Gasteiger partial charge in [-0.3, -0.25) is 4.57 Å². The van der Waals surface area contributed by atoms with E-state index < -0.39 is 5.41 Å².